The van der Waals surface area contributed by atoms with Crippen molar-refractivity contribution in [2.45, 2.75) is 6.42 Å². The van der Waals surface area contributed by atoms with Crippen molar-refractivity contribution < 1.29 is 4.39 Å². The van der Waals surface area contributed by atoms with Crippen LogP contribution in [0.15, 0.2) is 40.9 Å². The molecule has 20 heavy (non-hydrogen) atoms. The Balaban J connectivity index is 2.02. The third-order valence-corrected chi connectivity index (χ3v) is 4.35. The molecule has 1 aliphatic rings. The van der Waals surface area contributed by atoms with Crippen LogP contribution in [-0.2, 0) is 6.42 Å². The molecule has 3 rings (SSSR count). The second kappa shape index (κ2) is 5.14. The first kappa shape index (κ1) is 13.5. The van der Waals surface area contributed by atoms with E-state index in [1.165, 1.54) is 11.6 Å². The Morgan fingerprint density at radius 1 is 1.25 bits per heavy atom. The average molecular weight is 351 g/mol. The molecule has 0 aliphatic carbocycles. The number of hydrogen-bond donors (Lipinski definition) is 1. The van der Waals surface area contributed by atoms with Gasteiger partial charge in [-0.2, -0.15) is 0 Å². The molecule has 0 fully saturated rings. The predicted octanol–water partition coefficient (Wildman–Crippen LogP) is 3.92. The van der Waals surface area contributed by atoms with Gasteiger partial charge < -0.3 is 10.6 Å². The Bertz CT molecular complexity index is 702. The molecule has 1 aliphatic heterocycles. The molecule has 1 heterocycles. The minimum absolute atomic E-state index is 0.213. The van der Waals surface area contributed by atoms with E-state index in [9.17, 15) is 4.39 Å². The van der Waals surface area contributed by atoms with Gasteiger partial charge in [-0.25, -0.2) is 4.39 Å². The Morgan fingerprint density at radius 3 is 2.75 bits per heavy atom. The second-order valence-electron chi connectivity index (χ2n) is 4.70. The molecule has 2 aromatic rings. The molecule has 0 amide bonds. The maximum Gasteiger partial charge on any atom is 0.125 e. The smallest absolute Gasteiger partial charge is 0.125 e. The Hall–Kier alpha value is -1.46. The predicted molar refractivity (Wildman–Crippen MR) is 87.1 cm³/mol. The van der Waals surface area contributed by atoms with E-state index in [1.807, 2.05) is 24.3 Å². The topological polar surface area (TPSA) is 29.3 Å². The third kappa shape index (κ3) is 2.31. The van der Waals surface area contributed by atoms with Crippen LogP contribution < -0.4 is 10.6 Å². The van der Waals surface area contributed by atoms with Crippen LogP contribution in [0.25, 0.3) is 0 Å². The molecule has 2 nitrogen and oxygen atoms in total. The zero-order valence-electron chi connectivity index (χ0n) is 10.6. The Kier molecular flexibility index (Phi) is 3.48. The molecule has 0 unspecified atom stereocenters. The second-order valence-corrected chi connectivity index (χ2v) is 6.00. The van der Waals surface area contributed by atoms with Crippen molar-refractivity contribution in [3.8, 4) is 0 Å². The normalized spacial score (nSPS) is 13.4. The van der Waals surface area contributed by atoms with Gasteiger partial charge in [-0.3, -0.25) is 0 Å². The SMILES string of the molecule is NC(=S)c1ccc(N2CCc3ccc(F)cc32)cc1Br. The van der Waals surface area contributed by atoms with Crippen LogP contribution in [0.4, 0.5) is 15.8 Å². The van der Waals surface area contributed by atoms with Gasteiger partial charge in [0.15, 0.2) is 0 Å². The maximum atomic E-state index is 13.4. The lowest BCUT2D eigenvalue weighted by molar-refractivity contribution is 0.628. The number of halogens is 2. The minimum atomic E-state index is -0.213. The standard InChI is InChI=1S/C15H12BrFN2S/c16-13-8-11(3-4-12(13)15(18)20)19-6-5-9-1-2-10(17)7-14(9)19/h1-4,7-8H,5-6H2,(H2,18,20). The van der Waals surface area contributed by atoms with Crippen LogP contribution >= 0.6 is 28.1 Å². The summed E-state index contributed by atoms with van der Waals surface area (Å²) in [4.78, 5) is 2.46. The first-order valence-corrected chi connectivity index (χ1v) is 7.42. The summed E-state index contributed by atoms with van der Waals surface area (Å²) >= 11 is 8.47. The highest BCUT2D eigenvalue weighted by Gasteiger charge is 2.21. The van der Waals surface area contributed by atoms with Gasteiger partial charge in [-0.1, -0.05) is 18.3 Å². The molecule has 0 atom stereocenters. The third-order valence-electron chi connectivity index (χ3n) is 3.47. The summed E-state index contributed by atoms with van der Waals surface area (Å²) < 4.78 is 14.3. The molecule has 2 aromatic carbocycles. The van der Waals surface area contributed by atoms with E-state index in [1.54, 1.807) is 6.07 Å². The van der Waals surface area contributed by atoms with Gasteiger partial charge in [0.2, 0.25) is 0 Å². The Morgan fingerprint density at radius 2 is 2.05 bits per heavy atom. The van der Waals surface area contributed by atoms with Crippen LogP contribution in [0.2, 0.25) is 0 Å². The number of nitrogens with zero attached hydrogens (tertiary/aromatic N) is 1. The molecule has 0 aromatic heterocycles. The lowest BCUT2D eigenvalue weighted by Gasteiger charge is -2.20. The summed E-state index contributed by atoms with van der Waals surface area (Å²) in [6.07, 6.45) is 0.921. The number of anilines is 2. The lowest BCUT2D eigenvalue weighted by Crippen LogP contribution is -2.15. The quantitative estimate of drug-likeness (QED) is 0.832. The van der Waals surface area contributed by atoms with Crippen molar-refractivity contribution in [1.82, 2.24) is 0 Å². The van der Waals surface area contributed by atoms with Crippen LogP contribution in [-0.4, -0.2) is 11.5 Å². The average Bonchev–Trinajstić information content (AvgIpc) is 2.81. The fraction of sp³-hybridized carbons (Fsp3) is 0.133. The van der Waals surface area contributed by atoms with Crippen LogP contribution in [0.1, 0.15) is 11.1 Å². The summed E-state index contributed by atoms with van der Waals surface area (Å²) in [6.45, 7) is 0.845. The minimum Gasteiger partial charge on any atom is -0.389 e. The number of hydrogen-bond acceptors (Lipinski definition) is 2. The number of thiocarbonyl (C=S) groups is 1. The summed E-state index contributed by atoms with van der Waals surface area (Å²) in [5, 5.41) is 0. The van der Waals surface area contributed by atoms with Gasteiger partial charge in [0, 0.05) is 28.0 Å². The van der Waals surface area contributed by atoms with Crippen molar-refractivity contribution in [3.63, 3.8) is 0 Å². The fourth-order valence-electron chi connectivity index (χ4n) is 2.49. The summed E-state index contributed by atoms with van der Waals surface area (Å²) in [5.41, 5.74) is 9.56. The molecule has 0 radical (unpaired) electrons. The van der Waals surface area contributed by atoms with Gasteiger partial charge >= 0.3 is 0 Å². The zero-order chi connectivity index (χ0) is 14.3. The van der Waals surface area contributed by atoms with E-state index < -0.39 is 0 Å². The van der Waals surface area contributed by atoms with Gasteiger partial charge in [0.05, 0.1) is 0 Å². The first-order valence-electron chi connectivity index (χ1n) is 6.21. The number of nitrogens with two attached hydrogens (primary N) is 1. The molecule has 0 saturated heterocycles. The van der Waals surface area contributed by atoms with Crippen molar-refractivity contribution in [3.05, 3.63) is 57.8 Å². The van der Waals surface area contributed by atoms with Crippen molar-refractivity contribution >= 4 is 44.5 Å². The highest BCUT2D eigenvalue weighted by molar-refractivity contribution is 9.10. The Labute approximate surface area is 130 Å². The van der Waals surface area contributed by atoms with E-state index in [2.05, 4.69) is 20.8 Å². The molecule has 0 spiro atoms. The number of fused-ring (bicyclic) bond motifs is 1. The van der Waals surface area contributed by atoms with E-state index in [-0.39, 0.29) is 5.82 Å². The van der Waals surface area contributed by atoms with Gasteiger partial charge in [-0.05, 0) is 58.2 Å². The summed E-state index contributed by atoms with van der Waals surface area (Å²) in [6, 6.07) is 10.8. The van der Waals surface area contributed by atoms with Crippen molar-refractivity contribution in [2.24, 2.45) is 5.73 Å². The first-order chi connectivity index (χ1) is 9.56. The van der Waals surface area contributed by atoms with Crippen molar-refractivity contribution in [1.29, 1.82) is 0 Å². The summed E-state index contributed by atoms with van der Waals surface area (Å²) in [7, 11) is 0. The molecular formula is C15H12BrFN2S. The fourth-order valence-corrected chi connectivity index (χ4v) is 3.38. The number of rotatable bonds is 2. The molecule has 5 heteroatoms. The van der Waals surface area contributed by atoms with Crippen LogP contribution in [0, 0.1) is 5.82 Å². The summed E-state index contributed by atoms with van der Waals surface area (Å²) in [5.74, 6) is -0.213. The van der Waals surface area contributed by atoms with Gasteiger partial charge in [0.1, 0.15) is 10.8 Å². The maximum absolute atomic E-state index is 13.4. The zero-order valence-corrected chi connectivity index (χ0v) is 13.0. The molecular weight excluding hydrogens is 339 g/mol. The molecule has 0 saturated carbocycles. The van der Waals surface area contributed by atoms with E-state index in [0.717, 1.165) is 34.4 Å². The molecule has 2 N–H and O–H groups in total. The number of benzene rings is 2. The highest BCUT2D eigenvalue weighted by Crippen LogP contribution is 2.36. The molecule has 102 valence electrons. The van der Waals surface area contributed by atoms with Gasteiger partial charge in [-0.15, -0.1) is 0 Å². The monoisotopic (exact) mass is 350 g/mol. The van der Waals surface area contributed by atoms with E-state index in [0.29, 0.717) is 4.99 Å². The van der Waals surface area contributed by atoms with E-state index in [4.69, 9.17) is 18.0 Å². The molecule has 0 bridgehead atoms. The van der Waals surface area contributed by atoms with E-state index >= 15 is 0 Å². The highest BCUT2D eigenvalue weighted by atomic mass is 79.9. The lowest BCUT2D eigenvalue weighted by atomic mass is 10.1. The van der Waals surface area contributed by atoms with Crippen LogP contribution in [0.5, 0.6) is 0 Å². The van der Waals surface area contributed by atoms with Crippen LogP contribution in [0.3, 0.4) is 0 Å². The largest absolute Gasteiger partial charge is 0.389 e. The van der Waals surface area contributed by atoms with Crippen molar-refractivity contribution in [2.75, 3.05) is 11.4 Å². The van der Waals surface area contributed by atoms with Gasteiger partial charge in [0.25, 0.3) is 0 Å².